The first-order valence-electron chi connectivity index (χ1n) is 7.64. The summed E-state index contributed by atoms with van der Waals surface area (Å²) in [5.41, 5.74) is 2.15. The molecule has 0 aliphatic rings. The van der Waals surface area contributed by atoms with E-state index < -0.39 is 0 Å². The fourth-order valence-corrected chi connectivity index (χ4v) is 2.86. The minimum atomic E-state index is 0.113. The molecule has 0 saturated heterocycles. The number of rotatable bonds is 7. The van der Waals surface area contributed by atoms with Crippen molar-refractivity contribution in [1.29, 1.82) is 0 Å². The van der Waals surface area contributed by atoms with Gasteiger partial charge in [-0.1, -0.05) is 30.3 Å². The first-order valence-corrected chi connectivity index (χ1v) is 8.43. The van der Waals surface area contributed by atoms with Gasteiger partial charge in [0.25, 0.3) is 0 Å². The van der Waals surface area contributed by atoms with Gasteiger partial charge in [0.15, 0.2) is 5.82 Å². The molecule has 1 N–H and O–H groups in total. The van der Waals surface area contributed by atoms with Crippen LogP contribution in [0, 0.1) is 0 Å². The van der Waals surface area contributed by atoms with Crippen LogP contribution in [0.4, 0.5) is 5.82 Å². The summed E-state index contributed by atoms with van der Waals surface area (Å²) >= 11 is 3.50. The lowest BCUT2D eigenvalue weighted by atomic mass is 10.1. The lowest BCUT2D eigenvalue weighted by Crippen LogP contribution is -2.09. The van der Waals surface area contributed by atoms with Crippen LogP contribution in [0.1, 0.15) is 25.0 Å². The second kappa shape index (κ2) is 7.57. The number of anilines is 1. The minimum Gasteiger partial charge on any atom is -0.374 e. The van der Waals surface area contributed by atoms with Gasteiger partial charge in [-0.3, -0.25) is 0 Å². The average molecular weight is 375 g/mol. The van der Waals surface area contributed by atoms with Gasteiger partial charge in [-0.2, -0.15) is 5.10 Å². The predicted octanol–water partition coefficient (Wildman–Crippen LogP) is 4.07. The van der Waals surface area contributed by atoms with Crippen molar-refractivity contribution >= 4 is 27.3 Å². The summed E-state index contributed by atoms with van der Waals surface area (Å²) in [4.78, 5) is 4.38. The highest BCUT2D eigenvalue weighted by atomic mass is 79.9. The molecule has 23 heavy (non-hydrogen) atoms. The quantitative estimate of drug-likeness (QED) is 0.633. The lowest BCUT2D eigenvalue weighted by molar-refractivity contribution is 0.0656. The number of hydrogen-bond donors (Lipinski definition) is 1. The molecule has 5 nitrogen and oxygen atoms in total. The van der Waals surface area contributed by atoms with Crippen molar-refractivity contribution in [3.63, 3.8) is 0 Å². The fraction of sp³-hybridized carbons (Fsp3) is 0.294. The largest absolute Gasteiger partial charge is 0.374 e. The van der Waals surface area contributed by atoms with E-state index in [0.29, 0.717) is 6.61 Å². The third-order valence-corrected chi connectivity index (χ3v) is 4.22. The van der Waals surface area contributed by atoms with E-state index in [4.69, 9.17) is 4.74 Å². The highest BCUT2D eigenvalue weighted by molar-refractivity contribution is 9.10. The molecule has 0 radical (unpaired) electrons. The minimum absolute atomic E-state index is 0.113. The van der Waals surface area contributed by atoms with Gasteiger partial charge in [0.1, 0.15) is 5.52 Å². The van der Waals surface area contributed by atoms with Crippen molar-refractivity contribution in [2.75, 3.05) is 18.5 Å². The summed E-state index contributed by atoms with van der Waals surface area (Å²) < 4.78 is 8.61. The number of hydrogen-bond acceptors (Lipinski definition) is 4. The Kier molecular flexibility index (Phi) is 5.25. The van der Waals surface area contributed by atoms with Crippen LogP contribution in [0.5, 0.6) is 0 Å². The van der Waals surface area contributed by atoms with E-state index in [1.54, 1.807) is 16.9 Å². The third-order valence-electron chi connectivity index (χ3n) is 3.64. The Morgan fingerprint density at radius 1 is 1.30 bits per heavy atom. The summed E-state index contributed by atoms with van der Waals surface area (Å²) in [6.45, 7) is 3.58. The Bertz CT molecular complexity index is 760. The highest BCUT2D eigenvalue weighted by Crippen LogP contribution is 2.23. The molecule has 0 fully saturated rings. The van der Waals surface area contributed by atoms with Gasteiger partial charge in [-0.15, -0.1) is 0 Å². The van der Waals surface area contributed by atoms with Gasteiger partial charge in [-0.05, 0) is 34.8 Å². The molecule has 120 valence electrons. The summed E-state index contributed by atoms with van der Waals surface area (Å²) in [5.74, 6) is 0.827. The molecule has 1 atom stereocenters. The fourth-order valence-electron chi connectivity index (χ4n) is 2.40. The zero-order chi connectivity index (χ0) is 16.1. The van der Waals surface area contributed by atoms with Crippen molar-refractivity contribution in [3.05, 3.63) is 59.0 Å². The average Bonchev–Trinajstić information content (AvgIpc) is 2.97. The van der Waals surface area contributed by atoms with E-state index in [9.17, 15) is 0 Å². The molecule has 3 aromatic rings. The van der Waals surface area contributed by atoms with Crippen LogP contribution in [-0.4, -0.2) is 27.7 Å². The van der Waals surface area contributed by atoms with E-state index >= 15 is 0 Å². The van der Waals surface area contributed by atoms with E-state index in [1.165, 1.54) is 5.56 Å². The number of ether oxygens (including phenoxy) is 1. The van der Waals surface area contributed by atoms with Crippen LogP contribution >= 0.6 is 15.9 Å². The van der Waals surface area contributed by atoms with Crippen LogP contribution in [0.2, 0.25) is 0 Å². The number of nitrogens with zero attached hydrogens (tertiary/aromatic N) is 3. The first kappa shape index (κ1) is 16.0. The second-order valence-electron chi connectivity index (χ2n) is 5.27. The summed E-state index contributed by atoms with van der Waals surface area (Å²) in [5, 5.41) is 7.59. The molecule has 1 aromatic carbocycles. The number of fused-ring (bicyclic) bond motifs is 1. The maximum atomic E-state index is 5.87. The molecule has 0 aliphatic carbocycles. The van der Waals surface area contributed by atoms with Crippen LogP contribution in [-0.2, 0) is 4.74 Å². The van der Waals surface area contributed by atoms with Gasteiger partial charge >= 0.3 is 0 Å². The zero-order valence-electron chi connectivity index (χ0n) is 12.9. The SMILES string of the molecule is CC(OCCCNc1nccn2ncc(Br)c12)c1ccccc1. The van der Waals surface area contributed by atoms with Crippen LogP contribution in [0.15, 0.2) is 53.4 Å². The molecule has 2 heterocycles. The maximum Gasteiger partial charge on any atom is 0.153 e. The standard InChI is InChI=1S/C17H19BrN4O/c1-13(14-6-3-2-4-7-14)23-11-5-8-19-17-16-15(18)12-21-22(16)10-9-20-17/h2-4,6-7,9-10,12-13H,5,8,11H2,1H3,(H,19,20). The van der Waals surface area contributed by atoms with E-state index in [2.05, 4.69) is 50.4 Å². The number of halogens is 1. The predicted molar refractivity (Wildman–Crippen MR) is 94.6 cm³/mol. The molecular weight excluding hydrogens is 356 g/mol. The summed E-state index contributed by atoms with van der Waals surface area (Å²) in [7, 11) is 0. The monoisotopic (exact) mass is 374 g/mol. The number of benzene rings is 1. The molecule has 0 amide bonds. The Balaban J connectivity index is 1.47. The van der Waals surface area contributed by atoms with Crippen molar-refractivity contribution in [3.8, 4) is 0 Å². The Hall–Kier alpha value is -1.92. The number of aromatic nitrogens is 3. The van der Waals surface area contributed by atoms with Gasteiger partial charge in [0, 0.05) is 25.5 Å². The van der Waals surface area contributed by atoms with Crippen molar-refractivity contribution in [1.82, 2.24) is 14.6 Å². The van der Waals surface area contributed by atoms with Crippen molar-refractivity contribution in [2.45, 2.75) is 19.4 Å². The Labute approximate surface area is 143 Å². The molecule has 0 saturated carbocycles. The molecule has 0 spiro atoms. The van der Waals surface area contributed by atoms with E-state index in [0.717, 1.165) is 28.8 Å². The maximum absolute atomic E-state index is 5.87. The molecule has 6 heteroatoms. The Morgan fingerprint density at radius 3 is 2.96 bits per heavy atom. The smallest absolute Gasteiger partial charge is 0.153 e. The molecule has 0 aliphatic heterocycles. The molecule has 0 bridgehead atoms. The van der Waals surface area contributed by atoms with Crippen molar-refractivity contribution < 1.29 is 4.74 Å². The van der Waals surface area contributed by atoms with E-state index in [-0.39, 0.29) is 6.10 Å². The molecule has 3 rings (SSSR count). The van der Waals surface area contributed by atoms with Crippen LogP contribution in [0.3, 0.4) is 0 Å². The normalized spacial score (nSPS) is 12.4. The van der Waals surface area contributed by atoms with Crippen LogP contribution in [0.25, 0.3) is 5.52 Å². The Morgan fingerprint density at radius 2 is 2.13 bits per heavy atom. The molecule has 1 unspecified atom stereocenters. The van der Waals surface area contributed by atoms with Gasteiger partial charge in [0.2, 0.25) is 0 Å². The van der Waals surface area contributed by atoms with Gasteiger partial charge in [-0.25, -0.2) is 9.50 Å². The third kappa shape index (κ3) is 3.89. The summed E-state index contributed by atoms with van der Waals surface area (Å²) in [6, 6.07) is 10.3. The molecular formula is C17H19BrN4O. The first-order chi connectivity index (χ1) is 11.3. The second-order valence-corrected chi connectivity index (χ2v) is 6.12. The van der Waals surface area contributed by atoms with Crippen LogP contribution < -0.4 is 5.32 Å². The highest BCUT2D eigenvalue weighted by Gasteiger charge is 2.08. The summed E-state index contributed by atoms with van der Waals surface area (Å²) in [6.07, 6.45) is 6.36. The molecule has 2 aromatic heterocycles. The zero-order valence-corrected chi connectivity index (χ0v) is 14.5. The number of nitrogens with one attached hydrogen (secondary N) is 1. The van der Waals surface area contributed by atoms with E-state index in [1.807, 2.05) is 24.4 Å². The van der Waals surface area contributed by atoms with Gasteiger partial charge in [0.05, 0.1) is 16.8 Å². The lowest BCUT2D eigenvalue weighted by Gasteiger charge is -2.13. The van der Waals surface area contributed by atoms with Gasteiger partial charge < -0.3 is 10.1 Å². The van der Waals surface area contributed by atoms with Crippen molar-refractivity contribution in [2.24, 2.45) is 0 Å². The topological polar surface area (TPSA) is 51.5 Å².